The molecule has 1 aromatic carbocycles. The van der Waals surface area contributed by atoms with Crippen molar-refractivity contribution in [3.8, 4) is 0 Å². The number of benzene rings is 1. The van der Waals surface area contributed by atoms with Crippen molar-refractivity contribution in [2.75, 3.05) is 19.6 Å². The number of nitrogens with two attached hydrogens (primary N) is 1. The van der Waals surface area contributed by atoms with E-state index < -0.39 is 11.7 Å². The van der Waals surface area contributed by atoms with E-state index in [1.54, 1.807) is 0 Å². The van der Waals surface area contributed by atoms with Gasteiger partial charge in [0.05, 0.1) is 23.1 Å². The number of imidazole rings is 1. The van der Waals surface area contributed by atoms with Crippen molar-refractivity contribution in [2.24, 2.45) is 18.2 Å². The molecule has 2 aromatic rings. The molecule has 7 heteroatoms. The molecule has 23 heavy (non-hydrogen) atoms. The Morgan fingerprint density at radius 2 is 2.09 bits per heavy atom. The van der Waals surface area contributed by atoms with Crippen LogP contribution in [0.2, 0.25) is 0 Å². The minimum absolute atomic E-state index is 0.119. The third kappa shape index (κ3) is 3.07. The Morgan fingerprint density at radius 1 is 1.35 bits per heavy atom. The predicted molar refractivity (Wildman–Crippen MR) is 82.8 cm³/mol. The number of nitrogens with zero attached hydrogens (tertiary/aromatic N) is 3. The van der Waals surface area contributed by atoms with Gasteiger partial charge >= 0.3 is 6.18 Å². The first-order valence-corrected chi connectivity index (χ1v) is 7.67. The average molecular weight is 326 g/mol. The van der Waals surface area contributed by atoms with Gasteiger partial charge in [-0.3, -0.25) is 4.90 Å². The number of fused-ring (bicyclic) bond motifs is 1. The molecule has 0 bridgehead atoms. The zero-order chi connectivity index (χ0) is 16.8. The molecule has 1 atom stereocenters. The Labute approximate surface area is 133 Å². The van der Waals surface area contributed by atoms with Crippen molar-refractivity contribution in [2.45, 2.75) is 26.1 Å². The van der Waals surface area contributed by atoms with Crippen LogP contribution in [-0.2, 0) is 19.8 Å². The van der Waals surface area contributed by atoms with Gasteiger partial charge in [0.2, 0.25) is 0 Å². The quantitative estimate of drug-likeness (QED) is 0.943. The topological polar surface area (TPSA) is 47.1 Å². The number of alkyl halides is 3. The summed E-state index contributed by atoms with van der Waals surface area (Å²) < 4.78 is 40.3. The second-order valence-corrected chi connectivity index (χ2v) is 6.76. The van der Waals surface area contributed by atoms with E-state index in [0.29, 0.717) is 24.1 Å². The average Bonchev–Trinajstić information content (AvgIpc) is 3.00. The van der Waals surface area contributed by atoms with Crippen molar-refractivity contribution in [1.29, 1.82) is 0 Å². The molecule has 0 aliphatic carbocycles. The number of halogens is 3. The fraction of sp³-hybridized carbons (Fsp3) is 0.562. The van der Waals surface area contributed by atoms with Crippen LogP contribution in [0.25, 0.3) is 11.0 Å². The molecule has 1 fully saturated rings. The van der Waals surface area contributed by atoms with Gasteiger partial charge in [-0.15, -0.1) is 0 Å². The van der Waals surface area contributed by atoms with Crippen LogP contribution in [0, 0.1) is 5.41 Å². The van der Waals surface area contributed by atoms with Gasteiger partial charge in [0.15, 0.2) is 0 Å². The summed E-state index contributed by atoms with van der Waals surface area (Å²) >= 11 is 0. The Hall–Kier alpha value is -1.60. The molecule has 0 spiro atoms. The molecule has 1 saturated heterocycles. The summed E-state index contributed by atoms with van der Waals surface area (Å²) in [6.07, 6.45) is -3.31. The lowest BCUT2D eigenvalue weighted by atomic mass is 9.90. The van der Waals surface area contributed by atoms with Gasteiger partial charge in [-0.25, -0.2) is 4.98 Å². The van der Waals surface area contributed by atoms with E-state index in [0.717, 1.165) is 37.5 Å². The number of rotatable bonds is 3. The first-order valence-electron chi connectivity index (χ1n) is 7.67. The molecule has 1 aliphatic rings. The highest BCUT2D eigenvalue weighted by molar-refractivity contribution is 5.77. The molecule has 2 heterocycles. The molecule has 126 valence electrons. The lowest BCUT2D eigenvalue weighted by molar-refractivity contribution is -0.137. The van der Waals surface area contributed by atoms with Crippen molar-refractivity contribution < 1.29 is 13.2 Å². The highest BCUT2D eigenvalue weighted by Crippen LogP contribution is 2.32. The summed E-state index contributed by atoms with van der Waals surface area (Å²) in [6, 6.07) is 3.71. The van der Waals surface area contributed by atoms with Gasteiger partial charge in [0, 0.05) is 13.6 Å². The normalized spacial score (nSPS) is 23.0. The largest absolute Gasteiger partial charge is 0.416 e. The van der Waals surface area contributed by atoms with Crippen LogP contribution in [0.1, 0.15) is 24.7 Å². The van der Waals surface area contributed by atoms with E-state index >= 15 is 0 Å². The molecule has 1 unspecified atom stereocenters. The van der Waals surface area contributed by atoms with Crippen LogP contribution in [0.5, 0.6) is 0 Å². The Bertz CT molecular complexity index is 722. The standard InChI is InChI=1S/C16H21F3N4/c1-15(9-20)5-6-23(10-15)8-14-21-12-7-11(16(17,18)19)3-4-13(12)22(14)2/h3-4,7H,5-6,8-10,20H2,1-2H3. The van der Waals surface area contributed by atoms with E-state index in [1.165, 1.54) is 6.07 Å². The van der Waals surface area contributed by atoms with Crippen LogP contribution < -0.4 is 5.73 Å². The van der Waals surface area contributed by atoms with Gasteiger partial charge in [-0.1, -0.05) is 6.92 Å². The smallest absolute Gasteiger partial charge is 0.330 e. The fourth-order valence-electron chi connectivity index (χ4n) is 3.19. The lowest BCUT2D eigenvalue weighted by Crippen LogP contribution is -2.31. The second kappa shape index (κ2) is 5.49. The van der Waals surface area contributed by atoms with Gasteiger partial charge < -0.3 is 10.3 Å². The minimum atomic E-state index is -4.34. The van der Waals surface area contributed by atoms with Crippen LogP contribution in [0.4, 0.5) is 13.2 Å². The van der Waals surface area contributed by atoms with Gasteiger partial charge in [-0.2, -0.15) is 13.2 Å². The van der Waals surface area contributed by atoms with E-state index in [1.807, 2.05) is 11.6 Å². The van der Waals surface area contributed by atoms with Gasteiger partial charge in [-0.05, 0) is 43.1 Å². The summed E-state index contributed by atoms with van der Waals surface area (Å²) in [5, 5.41) is 0. The minimum Gasteiger partial charge on any atom is -0.330 e. The zero-order valence-electron chi connectivity index (χ0n) is 13.3. The van der Waals surface area contributed by atoms with Crippen molar-refractivity contribution in [1.82, 2.24) is 14.5 Å². The monoisotopic (exact) mass is 326 g/mol. The van der Waals surface area contributed by atoms with E-state index in [2.05, 4.69) is 16.8 Å². The highest BCUT2D eigenvalue weighted by atomic mass is 19.4. The molecular weight excluding hydrogens is 305 g/mol. The summed E-state index contributed by atoms with van der Waals surface area (Å²) in [4.78, 5) is 6.68. The third-order valence-corrected chi connectivity index (χ3v) is 4.80. The summed E-state index contributed by atoms with van der Waals surface area (Å²) in [6.45, 7) is 5.26. The van der Waals surface area contributed by atoms with Crippen LogP contribution in [0.3, 0.4) is 0 Å². The molecule has 4 nitrogen and oxygen atoms in total. The number of likely N-dealkylation sites (tertiary alicyclic amines) is 1. The Kier molecular flexibility index (Phi) is 3.88. The van der Waals surface area contributed by atoms with E-state index in [9.17, 15) is 13.2 Å². The Morgan fingerprint density at radius 3 is 2.70 bits per heavy atom. The fourth-order valence-corrected chi connectivity index (χ4v) is 3.19. The molecule has 0 amide bonds. The molecule has 0 radical (unpaired) electrons. The Balaban J connectivity index is 1.86. The number of hydrogen-bond donors (Lipinski definition) is 1. The molecule has 3 rings (SSSR count). The maximum atomic E-state index is 12.8. The van der Waals surface area contributed by atoms with Crippen LogP contribution in [-0.4, -0.2) is 34.1 Å². The van der Waals surface area contributed by atoms with Crippen molar-refractivity contribution in [3.63, 3.8) is 0 Å². The SMILES string of the molecule is Cn1c(CN2CCC(C)(CN)C2)nc2cc(C(F)(F)F)ccc21. The molecule has 2 N–H and O–H groups in total. The molecular formula is C16H21F3N4. The van der Waals surface area contributed by atoms with Crippen molar-refractivity contribution in [3.05, 3.63) is 29.6 Å². The summed E-state index contributed by atoms with van der Waals surface area (Å²) in [7, 11) is 1.84. The predicted octanol–water partition coefficient (Wildman–Crippen LogP) is 2.76. The molecule has 1 aromatic heterocycles. The van der Waals surface area contributed by atoms with E-state index in [4.69, 9.17) is 5.73 Å². The molecule has 0 saturated carbocycles. The van der Waals surface area contributed by atoms with Crippen molar-refractivity contribution >= 4 is 11.0 Å². The molecule has 1 aliphatic heterocycles. The van der Waals surface area contributed by atoms with Gasteiger partial charge in [0.25, 0.3) is 0 Å². The summed E-state index contributed by atoms with van der Waals surface area (Å²) in [5.74, 6) is 0.778. The zero-order valence-corrected chi connectivity index (χ0v) is 13.3. The maximum absolute atomic E-state index is 12.8. The number of aromatic nitrogens is 2. The van der Waals surface area contributed by atoms with E-state index in [-0.39, 0.29) is 5.41 Å². The first-order chi connectivity index (χ1) is 10.7. The highest BCUT2D eigenvalue weighted by Gasteiger charge is 2.33. The van der Waals surface area contributed by atoms with Crippen LogP contribution >= 0.6 is 0 Å². The summed E-state index contributed by atoms with van der Waals surface area (Å²) in [5.41, 5.74) is 6.38. The lowest BCUT2D eigenvalue weighted by Gasteiger charge is -2.22. The third-order valence-electron chi connectivity index (χ3n) is 4.80. The van der Waals surface area contributed by atoms with Gasteiger partial charge in [0.1, 0.15) is 5.82 Å². The second-order valence-electron chi connectivity index (χ2n) is 6.76. The van der Waals surface area contributed by atoms with Crippen LogP contribution in [0.15, 0.2) is 18.2 Å². The first kappa shape index (κ1) is 16.3. The number of aryl methyl sites for hydroxylation is 1. The number of hydrogen-bond acceptors (Lipinski definition) is 3. The maximum Gasteiger partial charge on any atom is 0.416 e.